The fraction of sp³-hybridized carbons (Fsp3) is 0.133. The fourth-order valence-corrected chi connectivity index (χ4v) is 2.02. The van der Waals surface area contributed by atoms with Crippen LogP contribution in [-0.4, -0.2) is 21.7 Å². The molecule has 2 aromatic heterocycles. The molecule has 112 valence electrons. The summed E-state index contributed by atoms with van der Waals surface area (Å²) in [5.41, 5.74) is 2.27. The van der Waals surface area contributed by atoms with Gasteiger partial charge in [0.05, 0.1) is 11.9 Å². The van der Waals surface area contributed by atoms with Crippen LogP contribution in [0.15, 0.2) is 51.9 Å². The number of halogens is 1. The lowest BCUT2D eigenvalue weighted by Gasteiger charge is -2.06. The van der Waals surface area contributed by atoms with Crippen LogP contribution in [0.4, 0.5) is 10.1 Å². The molecule has 0 saturated carbocycles. The number of benzene rings is 1. The van der Waals surface area contributed by atoms with Crippen LogP contribution in [0.1, 0.15) is 5.56 Å². The maximum absolute atomic E-state index is 13.1. The summed E-state index contributed by atoms with van der Waals surface area (Å²) >= 11 is 0. The summed E-state index contributed by atoms with van der Waals surface area (Å²) in [7, 11) is 0. The van der Waals surface area contributed by atoms with E-state index in [0.29, 0.717) is 18.7 Å². The second-order valence-electron chi connectivity index (χ2n) is 4.68. The second kappa shape index (κ2) is 6.21. The summed E-state index contributed by atoms with van der Waals surface area (Å²) in [6, 6.07) is 10.1. The molecule has 2 N–H and O–H groups in total. The quantitative estimate of drug-likeness (QED) is 0.755. The molecule has 3 aromatic rings. The maximum atomic E-state index is 13.1. The molecule has 0 aliphatic carbocycles. The van der Waals surface area contributed by atoms with E-state index in [9.17, 15) is 9.18 Å². The van der Waals surface area contributed by atoms with Gasteiger partial charge in [0.2, 0.25) is 5.82 Å². The molecule has 6 nitrogen and oxygen atoms in total. The molecule has 0 aliphatic rings. The SMILES string of the molecule is O=c1[nH]c(-c2ccc(NCCc3cccc(F)c3)cn2)no1. The van der Waals surface area contributed by atoms with Crippen molar-refractivity contribution in [1.82, 2.24) is 15.1 Å². The first kappa shape index (κ1) is 14.0. The Morgan fingerprint density at radius 3 is 2.86 bits per heavy atom. The third kappa shape index (κ3) is 3.38. The van der Waals surface area contributed by atoms with Crippen molar-refractivity contribution in [3.63, 3.8) is 0 Å². The minimum atomic E-state index is -0.617. The van der Waals surface area contributed by atoms with E-state index in [1.165, 1.54) is 12.1 Å². The zero-order chi connectivity index (χ0) is 15.4. The molecule has 2 heterocycles. The van der Waals surface area contributed by atoms with Gasteiger partial charge in [0.15, 0.2) is 0 Å². The first-order chi connectivity index (χ1) is 10.7. The summed E-state index contributed by atoms with van der Waals surface area (Å²) < 4.78 is 17.5. The molecule has 0 amide bonds. The highest BCUT2D eigenvalue weighted by Gasteiger charge is 2.05. The van der Waals surface area contributed by atoms with Crippen molar-refractivity contribution < 1.29 is 8.91 Å². The Labute approximate surface area is 125 Å². The standard InChI is InChI=1S/C15H13FN4O2/c16-11-3-1-2-10(8-11)6-7-17-12-4-5-13(18-9-12)14-19-15(21)22-20-14/h1-5,8-9,17H,6-7H2,(H,19,20,21). The van der Waals surface area contributed by atoms with Gasteiger partial charge in [-0.3, -0.25) is 14.5 Å². The van der Waals surface area contributed by atoms with Crippen LogP contribution in [0, 0.1) is 5.82 Å². The lowest BCUT2D eigenvalue weighted by molar-refractivity contribution is 0.387. The molecule has 0 atom stereocenters. The number of anilines is 1. The monoisotopic (exact) mass is 300 g/mol. The number of nitrogens with one attached hydrogen (secondary N) is 2. The highest BCUT2D eigenvalue weighted by atomic mass is 19.1. The van der Waals surface area contributed by atoms with Crippen LogP contribution in [0.2, 0.25) is 0 Å². The number of aromatic amines is 1. The van der Waals surface area contributed by atoms with Crippen molar-refractivity contribution in [2.75, 3.05) is 11.9 Å². The van der Waals surface area contributed by atoms with Crippen molar-refractivity contribution in [3.8, 4) is 11.5 Å². The summed E-state index contributed by atoms with van der Waals surface area (Å²) in [4.78, 5) is 17.5. The third-order valence-electron chi connectivity index (χ3n) is 3.08. The minimum absolute atomic E-state index is 0.231. The van der Waals surface area contributed by atoms with Crippen molar-refractivity contribution in [2.24, 2.45) is 0 Å². The van der Waals surface area contributed by atoms with Gasteiger partial charge in [-0.2, -0.15) is 0 Å². The second-order valence-corrected chi connectivity index (χ2v) is 4.68. The van der Waals surface area contributed by atoms with E-state index in [4.69, 9.17) is 0 Å². The minimum Gasteiger partial charge on any atom is -0.383 e. The Balaban J connectivity index is 1.58. The lowest BCUT2D eigenvalue weighted by atomic mass is 10.1. The topological polar surface area (TPSA) is 83.8 Å². The largest absolute Gasteiger partial charge is 0.439 e. The van der Waals surface area contributed by atoms with Gasteiger partial charge in [0.1, 0.15) is 11.5 Å². The van der Waals surface area contributed by atoms with Crippen LogP contribution >= 0.6 is 0 Å². The van der Waals surface area contributed by atoms with Gasteiger partial charge in [0, 0.05) is 6.54 Å². The Morgan fingerprint density at radius 1 is 1.27 bits per heavy atom. The summed E-state index contributed by atoms with van der Waals surface area (Å²) in [6.45, 7) is 0.658. The number of nitrogens with zero attached hydrogens (tertiary/aromatic N) is 2. The van der Waals surface area contributed by atoms with E-state index in [1.54, 1.807) is 18.3 Å². The predicted molar refractivity (Wildman–Crippen MR) is 78.9 cm³/mol. The first-order valence-electron chi connectivity index (χ1n) is 6.71. The number of pyridine rings is 1. The van der Waals surface area contributed by atoms with E-state index >= 15 is 0 Å². The van der Waals surface area contributed by atoms with E-state index < -0.39 is 5.76 Å². The van der Waals surface area contributed by atoms with Crippen molar-refractivity contribution in [1.29, 1.82) is 0 Å². The molecular formula is C15H13FN4O2. The third-order valence-corrected chi connectivity index (χ3v) is 3.08. The number of hydrogen-bond donors (Lipinski definition) is 2. The van der Waals surface area contributed by atoms with Crippen molar-refractivity contribution >= 4 is 5.69 Å². The molecule has 0 saturated heterocycles. The number of hydrogen-bond acceptors (Lipinski definition) is 5. The molecule has 1 aromatic carbocycles. The predicted octanol–water partition coefficient (Wildman–Crippen LogP) is 2.22. The van der Waals surface area contributed by atoms with Crippen LogP contribution < -0.4 is 11.1 Å². The summed E-state index contributed by atoms with van der Waals surface area (Å²) in [5.74, 6) is -0.560. The van der Waals surface area contributed by atoms with Crippen molar-refractivity contribution in [2.45, 2.75) is 6.42 Å². The average molecular weight is 300 g/mol. The van der Waals surface area contributed by atoms with Crippen LogP contribution in [0.3, 0.4) is 0 Å². The van der Waals surface area contributed by atoms with Crippen molar-refractivity contribution in [3.05, 3.63) is 64.5 Å². The maximum Gasteiger partial charge on any atom is 0.439 e. The molecule has 0 unspecified atom stereocenters. The lowest BCUT2D eigenvalue weighted by Crippen LogP contribution is -2.05. The normalized spacial score (nSPS) is 10.6. The van der Waals surface area contributed by atoms with Gasteiger partial charge >= 0.3 is 5.76 Å². The average Bonchev–Trinajstić information content (AvgIpc) is 2.95. The van der Waals surface area contributed by atoms with Gasteiger partial charge < -0.3 is 5.32 Å². The molecule has 0 aliphatic heterocycles. The Kier molecular flexibility index (Phi) is 3.95. The van der Waals surface area contributed by atoms with E-state index in [1.807, 2.05) is 12.1 Å². The zero-order valence-electron chi connectivity index (χ0n) is 11.5. The molecular weight excluding hydrogens is 287 g/mol. The molecule has 3 rings (SSSR count). The highest BCUT2D eigenvalue weighted by Crippen LogP contribution is 2.13. The number of rotatable bonds is 5. The molecule has 0 bridgehead atoms. The zero-order valence-corrected chi connectivity index (χ0v) is 11.5. The Morgan fingerprint density at radius 2 is 2.18 bits per heavy atom. The van der Waals surface area contributed by atoms with Gasteiger partial charge in [-0.15, -0.1) is 0 Å². The van der Waals surface area contributed by atoms with E-state index in [2.05, 4.69) is 25.0 Å². The fourth-order valence-electron chi connectivity index (χ4n) is 2.02. The molecule has 0 fully saturated rings. The molecule has 22 heavy (non-hydrogen) atoms. The Bertz CT molecular complexity index is 811. The smallest absolute Gasteiger partial charge is 0.383 e. The first-order valence-corrected chi connectivity index (χ1v) is 6.71. The van der Waals surface area contributed by atoms with Gasteiger partial charge in [-0.25, -0.2) is 9.18 Å². The summed E-state index contributed by atoms with van der Waals surface area (Å²) in [6.07, 6.45) is 2.34. The van der Waals surface area contributed by atoms with Gasteiger partial charge in [0.25, 0.3) is 0 Å². The highest BCUT2D eigenvalue weighted by molar-refractivity contribution is 5.52. The van der Waals surface area contributed by atoms with Crippen LogP contribution in [0.25, 0.3) is 11.5 Å². The summed E-state index contributed by atoms with van der Waals surface area (Å²) in [5, 5.41) is 6.76. The van der Waals surface area contributed by atoms with Gasteiger partial charge in [-0.05, 0) is 36.2 Å². The van der Waals surface area contributed by atoms with E-state index in [0.717, 1.165) is 11.3 Å². The van der Waals surface area contributed by atoms with Gasteiger partial charge in [-0.1, -0.05) is 17.3 Å². The molecule has 0 radical (unpaired) electrons. The number of H-pyrrole nitrogens is 1. The van der Waals surface area contributed by atoms with E-state index in [-0.39, 0.29) is 11.6 Å². The van der Waals surface area contributed by atoms with Crippen LogP contribution in [-0.2, 0) is 6.42 Å². The molecule has 7 heteroatoms. The van der Waals surface area contributed by atoms with Crippen LogP contribution in [0.5, 0.6) is 0 Å². The number of aromatic nitrogens is 3. The Hall–Kier alpha value is -2.96. The molecule has 0 spiro atoms.